The maximum atomic E-state index is 4.79. The van der Waals surface area contributed by atoms with Gasteiger partial charge in [0.1, 0.15) is 0 Å². The molecule has 2 rings (SSSR count). The van der Waals surface area contributed by atoms with Crippen LogP contribution in [0.4, 0.5) is 5.69 Å². The Morgan fingerprint density at radius 1 is 1.17 bits per heavy atom. The molecule has 0 fully saturated rings. The largest absolute Gasteiger partial charge is 0.372 e. The van der Waals surface area contributed by atoms with Crippen LogP contribution in [0.3, 0.4) is 0 Å². The Hall–Kier alpha value is -1.83. The summed E-state index contributed by atoms with van der Waals surface area (Å²) in [7, 11) is 0. The Bertz CT molecular complexity index is 791. The van der Waals surface area contributed by atoms with E-state index in [4.69, 9.17) is 4.99 Å². The summed E-state index contributed by atoms with van der Waals surface area (Å²) in [4.78, 5) is 7.33. The zero-order valence-electron chi connectivity index (χ0n) is 20.8. The molecule has 0 N–H and O–H groups in total. The number of fused-ring (bicyclic) bond motifs is 1. The van der Waals surface area contributed by atoms with Crippen molar-refractivity contribution < 1.29 is 0 Å². The second-order valence-corrected chi connectivity index (χ2v) is 9.41. The summed E-state index contributed by atoms with van der Waals surface area (Å²) in [5, 5.41) is 0. The maximum Gasteiger partial charge on any atom is 0.0428 e. The first-order chi connectivity index (χ1) is 14.3. The molecule has 1 aromatic carbocycles. The molecule has 1 aliphatic rings. The van der Waals surface area contributed by atoms with E-state index in [9.17, 15) is 0 Å². The molecule has 0 amide bonds. The van der Waals surface area contributed by atoms with Crippen LogP contribution in [0.5, 0.6) is 0 Å². The van der Waals surface area contributed by atoms with E-state index in [1.54, 1.807) is 16.7 Å². The smallest absolute Gasteiger partial charge is 0.0428 e. The quantitative estimate of drug-likeness (QED) is 0.382. The van der Waals surface area contributed by atoms with Gasteiger partial charge in [-0.15, -0.1) is 0 Å². The predicted molar refractivity (Wildman–Crippen MR) is 135 cm³/mol. The Morgan fingerprint density at radius 2 is 1.90 bits per heavy atom. The molecule has 30 heavy (non-hydrogen) atoms. The highest BCUT2D eigenvalue weighted by molar-refractivity contribution is 5.97. The van der Waals surface area contributed by atoms with Crippen molar-refractivity contribution in [2.24, 2.45) is 16.8 Å². The molecule has 1 unspecified atom stereocenters. The van der Waals surface area contributed by atoms with Gasteiger partial charge < -0.3 is 4.90 Å². The molecular weight excluding hydrogens is 364 g/mol. The van der Waals surface area contributed by atoms with Crippen molar-refractivity contribution in [2.45, 2.75) is 87.5 Å². The van der Waals surface area contributed by atoms with Gasteiger partial charge in [-0.1, -0.05) is 44.9 Å². The van der Waals surface area contributed by atoms with Gasteiger partial charge in [-0.25, -0.2) is 0 Å². The Kier molecular flexibility index (Phi) is 9.39. The number of nitrogens with zero attached hydrogens (tertiary/aromatic N) is 2. The number of benzene rings is 1. The van der Waals surface area contributed by atoms with Crippen molar-refractivity contribution in [3.05, 3.63) is 52.2 Å². The number of anilines is 1. The molecule has 0 bridgehead atoms. The normalized spacial score (nSPS) is 17.2. The van der Waals surface area contributed by atoms with Crippen LogP contribution < -0.4 is 4.90 Å². The van der Waals surface area contributed by atoms with E-state index >= 15 is 0 Å². The minimum Gasteiger partial charge on any atom is -0.372 e. The average Bonchev–Trinajstić information content (AvgIpc) is 2.71. The fourth-order valence-electron chi connectivity index (χ4n) is 4.55. The van der Waals surface area contributed by atoms with Gasteiger partial charge in [0.05, 0.1) is 0 Å². The molecule has 0 saturated carbocycles. The Labute approximate surface area is 186 Å². The van der Waals surface area contributed by atoms with Crippen LogP contribution in [-0.2, 0) is 12.8 Å². The van der Waals surface area contributed by atoms with Gasteiger partial charge in [-0.3, -0.25) is 4.99 Å². The summed E-state index contributed by atoms with van der Waals surface area (Å²) < 4.78 is 0. The second kappa shape index (κ2) is 11.5. The van der Waals surface area contributed by atoms with Crippen molar-refractivity contribution in [3.8, 4) is 0 Å². The third-order valence-electron chi connectivity index (χ3n) is 6.29. The van der Waals surface area contributed by atoms with Crippen LogP contribution in [0.15, 0.2) is 40.5 Å². The molecule has 0 radical (unpaired) electrons. The first-order valence-corrected chi connectivity index (χ1v) is 12.1. The molecular formula is C28H44N2. The summed E-state index contributed by atoms with van der Waals surface area (Å²) in [6, 6.07) is 4.97. The van der Waals surface area contributed by atoms with Crippen LogP contribution in [-0.4, -0.2) is 18.8 Å². The average molecular weight is 409 g/mol. The second-order valence-electron chi connectivity index (χ2n) is 9.41. The third-order valence-corrected chi connectivity index (χ3v) is 6.29. The summed E-state index contributed by atoms with van der Waals surface area (Å²) >= 11 is 0. The van der Waals surface area contributed by atoms with E-state index in [2.05, 4.69) is 78.5 Å². The third kappa shape index (κ3) is 6.33. The van der Waals surface area contributed by atoms with E-state index in [-0.39, 0.29) is 0 Å². The van der Waals surface area contributed by atoms with E-state index in [1.807, 2.05) is 6.20 Å². The predicted octanol–water partition coefficient (Wildman–Crippen LogP) is 7.69. The van der Waals surface area contributed by atoms with Gasteiger partial charge in [0.2, 0.25) is 0 Å². The minimum atomic E-state index is 0.446. The Morgan fingerprint density at radius 3 is 2.47 bits per heavy atom. The van der Waals surface area contributed by atoms with E-state index in [1.165, 1.54) is 48.2 Å². The zero-order valence-corrected chi connectivity index (χ0v) is 20.8. The van der Waals surface area contributed by atoms with Crippen molar-refractivity contribution in [2.75, 3.05) is 18.0 Å². The fourth-order valence-corrected chi connectivity index (χ4v) is 4.55. The lowest BCUT2D eigenvalue weighted by Crippen LogP contribution is -2.25. The molecule has 0 heterocycles. The van der Waals surface area contributed by atoms with Crippen LogP contribution in [0.2, 0.25) is 0 Å². The molecule has 1 aliphatic carbocycles. The van der Waals surface area contributed by atoms with Gasteiger partial charge in [0.15, 0.2) is 0 Å². The molecule has 0 saturated heterocycles. The SMILES string of the molecule is CCCN(CC)c1cc2c(cc1C)CC(/C(=C/C(=NC=C(C)C)C(C)C)CC)CC2. The first kappa shape index (κ1) is 24.4. The number of allylic oxidation sites excluding steroid dienone is 3. The first-order valence-electron chi connectivity index (χ1n) is 12.1. The number of rotatable bonds is 9. The topological polar surface area (TPSA) is 15.6 Å². The summed E-state index contributed by atoms with van der Waals surface area (Å²) in [6.07, 6.45) is 10.3. The highest BCUT2D eigenvalue weighted by Crippen LogP contribution is 2.35. The molecule has 1 aromatic rings. The summed E-state index contributed by atoms with van der Waals surface area (Å²) in [5.74, 6) is 1.09. The summed E-state index contributed by atoms with van der Waals surface area (Å²) in [6.45, 7) is 20.1. The lowest BCUT2D eigenvalue weighted by atomic mass is 9.77. The molecule has 2 heteroatoms. The zero-order chi connectivity index (χ0) is 22.3. The monoisotopic (exact) mass is 408 g/mol. The van der Waals surface area contributed by atoms with E-state index in [0.717, 1.165) is 19.5 Å². The standard InChI is InChI=1S/C28H44N2/c1-9-14-30(11-3)28-18-25-13-12-24(16-26(25)15-22(28)8)23(10-2)17-27(21(6)7)29-19-20(4)5/h15,17-19,21,24H,9-14,16H2,1-8H3/b23-17+,29-27?. The summed E-state index contributed by atoms with van der Waals surface area (Å²) in [5.41, 5.74) is 10.0. The fraction of sp³-hybridized carbons (Fsp3) is 0.607. The van der Waals surface area contributed by atoms with Crippen LogP contribution in [0.25, 0.3) is 0 Å². The minimum absolute atomic E-state index is 0.446. The van der Waals surface area contributed by atoms with Crippen molar-refractivity contribution in [3.63, 3.8) is 0 Å². The van der Waals surface area contributed by atoms with Gasteiger partial charge in [0, 0.05) is 30.7 Å². The molecule has 2 nitrogen and oxygen atoms in total. The number of hydrogen-bond acceptors (Lipinski definition) is 2. The van der Waals surface area contributed by atoms with Gasteiger partial charge in [-0.2, -0.15) is 0 Å². The highest BCUT2D eigenvalue weighted by atomic mass is 15.1. The van der Waals surface area contributed by atoms with Crippen LogP contribution >= 0.6 is 0 Å². The van der Waals surface area contributed by atoms with Gasteiger partial charge in [0.25, 0.3) is 0 Å². The van der Waals surface area contributed by atoms with E-state index in [0.29, 0.717) is 11.8 Å². The maximum absolute atomic E-state index is 4.79. The lowest BCUT2D eigenvalue weighted by molar-refractivity contribution is 0.513. The molecule has 1 atom stereocenters. The van der Waals surface area contributed by atoms with E-state index < -0.39 is 0 Å². The molecule has 166 valence electrons. The van der Waals surface area contributed by atoms with Crippen LogP contribution in [0.1, 0.15) is 84.4 Å². The number of hydrogen-bond donors (Lipinski definition) is 0. The molecule has 0 spiro atoms. The van der Waals surface area contributed by atoms with Crippen molar-refractivity contribution in [1.29, 1.82) is 0 Å². The number of aryl methyl sites for hydroxylation is 2. The van der Waals surface area contributed by atoms with Gasteiger partial charge in [-0.05, 0) is 100 Å². The van der Waals surface area contributed by atoms with Crippen molar-refractivity contribution in [1.82, 2.24) is 0 Å². The Balaban J connectivity index is 2.30. The number of aliphatic imine (C=N–C) groups is 1. The van der Waals surface area contributed by atoms with Gasteiger partial charge >= 0.3 is 0 Å². The van der Waals surface area contributed by atoms with Crippen molar-refractivity contribution >= 4 is 11.4 Å². The molecule has 0 aliphatic heterocycles. The van der Waals surface area contributed by atoms with Crippen LogP contribution in [0, 0.1) is 18.8 Å². The molecule has 0 aromatic heterocycles. The lowest BCUT2D eigenvalue weighted by Gasteiger charge is -2.31. The highest BCUT2D eigenvalue weighted by Gasteiger charge is 2.23.